The maximum absolute atomic E-state index is 13.0. The molecule has 1 rings (SSSR count). The van der Waals surface area contributed by atoms with E-state index in [-0.39, 0.29) is 12.2 Å². The fourth-order valence-electron chi connectivity index (χ4n) is 1.47. The van der Waals surface area contributed by atoms with Gasteiger partial charge in [0, 0.05) is 23.7 Å². The molecule has 1 aromatic carbocycles. The third-order valence-electron chi connectivity index (χ3n) is 2.26. The number of benzene rings is 1. The lowest BCUT2D eigenvalue weighted by Crippen LogP contribution is -2.02. The molecule has 0 aliphatic heterocycles. The molecule has 17 heavy (non-hydrogen) atoms. The third-order valence-corrected chi connectivity index (χ3v) is 2.48. The Bertz CT molecular complexity index is 365. The summed E-state index contributed by atoms with van der Waals surface area (Å²) in [4.78, 5) is 10.3. The molecular weight excluding hydrogens is 245 g/mol. The Morgan fingerprint density at radius 2 is 2.06 bits per heavy atom. The minimum atomic E-state index is -0.769. The lowest BCUT2D eigenvalue weighted by Gasteiger charge is -2.06. The molecule has 0 saturated carbocycles. The third kappa shape index (κ3) is 6.12. The molecule has 0 aliphatic rings. The van der Waals surface area contributed by atoms with E-state index in [1.807, 2.05) is 0 Å². The lowest BCUT2D eigenvalue weighted by atomic mass is 10.2. The second-order valence-electron chi connectivity index (χ2n) is 3.79. The fourth-order valence-corrected chi connectivity index (χ4v) is 1.69. The highest BCUT2D eigenvalue weighted by Gasteiger charge is 1.99. The van der Waals surface area contributed by atoms with Gasteiger partial charge < -0.3 is 10.4 Å². The molecular formula is C12H15ClFNO2. The molecule has 2 N–H and O–H groups in total. The number of carboxylic acid groups (broad SMARTS) is 1. The lowest BCUT2D eigenvalue weighted by molar-refractivity contribution is -0.137. The zero-order chi connectivity index (χ0) is 12.7. The van der Waals surface area contributed by atoms with Gasteiger partial charge in [0.25, 0.3) is 0 Å². The van der Waals surface area contributed by atoms with Crippen molar-refractivity contribution in [1.82, 2.24) is 0 Å². The van der Waals surface area contributed by atoms with Gasteiger partial charge in [-0.05, 0) is 31.0 Å². The monoisotopic (exact) mass is 259 g/mol. The van der Waals surface area contributed by atoms with Gasteiger partial charge in [0.2, 0.25) is 0 Å². The second-order valence-corrected chi connectivity index (χ2v) is 4.23. The predicted octanol–water partition coefficient (Wildman–Crippen LogP) is 3.54. The number of unbranched alkanes of at least 4 members (excludes halogenated alkanes) is 2. The van der Waals surface area contributed by atoms with Gasteiger partial charge >= 0.3 is 5.97 Å². The van der Waals surface area contributed by atoms with Crippen molar-refractivity contribution in [2.45, 2.75) is 25.7 Å². The number of rotatable bonds is 7. The molecule has 0 fully saturated rings. The maximum Gasteiger partial charge on any atom is 0.303 e. The second kappa shape index (κ2) is 7.12. The standard InChI is InChI=1S/C12H15ClFNO2/c13-9-6-10(14)8-11(7-9)15-5-3-1-2-4-12(16)17/h6-8,15H,1-5H2,(H,16,17). The summed E-state index contributed by atoms with van der Waals surface area (Å²) in [5.74, 6) is -1.14. The smallest absolute Gasteiger partial charge is 0.303 e. The molecule has 0 saturated heterocycles. The van der Waals surface area contributed by atoms with Gasteiger partial charge in [0.15, 0.2) is 0 Å². The maximum atomic E-state index is 13.0. The SMILES string of the molecule is O=C(O)CCCCCNc1cc(F)cc(Cl)c1. The van der Waals surface area contributed by atoms with E-state index in [0.717, 1.165) is 12.8 Å². The van der Waals surface area contributed by atoms with E-state index >= 15 is 0 Å². The van der Waals surface area contributed by atoms with Crippen LogP contribution in [-0.2, 0) is 4.79 Å². The summed E-state index contributed by atoms with van der Waals surface area (Å²) < 4.78 is 13.0. The minimum absolute atomic E-state index is 0.200. The highest BCUT2D eigenvalue weighted by molar-refractivity contribution is 6.30. The van der Waals surface area contributed by atoms with Gasteiger partial charge in [0.05, 0.1) is 0 Å². The number of hydrogen-bond donors (Lipinski definition) is 2. The van der Waals surface area contributed by atoms with Gasteiger partial charge in [-0.15, -0.1) is 0 Å². The van der Waals surface area contributed by atoms with Crippen LogP contribution in [0.25, 0.3) is 0 Å². The Labute approximate surface area is 105 Å². The van der Waals surface area contributed by atoms with Gasteiger partial charge in [-0.2, -0.15) is 0 Å². The van der Waals surface area contributed by atoms with Crippen LogP contribution >= 0.6 is 11.6 Å². The Kier molecular flexibility index (Phi) is 5.77. The largest absolute Gasteiger partial charge is 0.481 e. The van der Waals surface area contributed by atoms with Crippen molar-refractivity contribution in [2.24, 2.45) is 0 Å². The topological polar surface area (TPSA) is 49.3 Å². The summed E-state index contributed by atoms with van der Waals surface area (Å²) in [5.41, 5.74) is 0.647. The van der Waals surface area contributed by atoms with E-state index in [9.17, 15) is 9.18 Å². The van der Waals surface area contributed by atoms with Crippen molar-refractivity contribution in [3.63, 3.8) is 0 Å². The molecule has 0 atom stereocenters. The molecule has 0 aliphatic carbocycles. The van der Waals surface area contributed by atoms with Crippen LogP contribution in [0.3, 0.4) is 0 Å². The van der Waals surface area contributed by atoms with Crippen LogP contribution < -0.4 is 5.32 Å². The Balaban J connectivity index is 2.20. The summed E-state index contributed by atoms with van der Waals surface area (Å²) in [6, 6.07) is 4.28. The first kappa shape index (κ1) is 13.8. The highest BCUT2D eigenvalue weighted by atomic mass is 35.5. The van der Waals surface area contributed by atoms with E-state index < -0.39 is 5.97 Å². The average Bonchev–Trinajstić information content (AvgIpc) is 2.21. The number of carboxylic acids is 1. The van der Waals surface area contributed by atoms with Crippen molar-refractivity contribution in [3.05, 3.63) is 29.0 Å². The van der Waals surface area contributed by atoms with Crippen LogP contribution in [0.5, 0.6) is 0 Å². The van der Waals surface area contributed by atoms with E-state index in [4.69, 9.17) is 16.7 Å². The minimum Gasteiger partial charge on any atom is -0.481 e. The number of hydrogen-bond acceptors (Lipinski definition) is 2. The van der Waals surface area contributed by atoms with Gasteiger partial charge in [-0.25, -0.2) is 4.39 Å². The molecule has 1 aromatic rings. The first-order valence-corrected chi connectivity index (χ1v) is 5.87. The first-order chi connectivity index (χ1) is 8.08. The predicted molar refractivity (Wildman–Crippen MR) is 66.0 cm³/mol. The van der Waals surface area contributed by atoms with Crippen molar-refractivity contribution in [1.29, 1.82) is 0 Å². The van der Waals surface area contributed by atoms with Crippen molar-refractivity contribution in [3.8, 4) is 0 Å². The summed E-state index contributed by atoms with van der Waals surface area (Å²) >= 11 is 5.70. The van der Waals surface area contributed by atoms with Crippen molar-refractivity contribution in [2.75, 3.05) is 11.9 Å². The molecule has 0 spiro atoms. The molecule has 0 aromatic heterocycles. The number of aliphatic carboxylic acids is 1. The molecule has 3 nitrogen and oxygen atoms in total. The molecule has 0 radical (unpaired) electrons. The number of nitrogens with one attached hydrogen (secondary N) is 1. The summed E-state index contributed by atoms with van der Waals surface area (Å²) in [6.45, 7) is 0.680. The van der Waals surface area contributed by atoms with Crippen molar-refractivity contribution >= 4 is 23.3 Å². The first-order valence-electron chi connectivity index (χ1n) is 5.49. The molecule has 0 bridgehead atoms. The number of halogens is 2. The van der Waals surface area contributed by atoms with E-state index in [1.165, 1.54) is 12.1 Å². The van der Waals surface area contributed by atoms with Crippen LogP contribution in [0.4, 0.5) is 10.1 Å². The molecule has 5 heteroatoms. The molecule has 94 valence electrons. The Morgan fingerprint density at radius 3 is 2.71 bits per heavy atom. The quantitative estimate of drug-likeness (QED) is 0.737. The number of anilines is 1. The van der Waals surface area contributed by atoms with Crippen LogP contribution in [0, 0.1) is 5.82 Å². The van der Waals surface area contributed by atoms with Gasteiger partial charge in [0.1, 0.15) is 5.82 Å². The Hall–Kier alpha value is -1.29. The highest BCUT2D eigenvalue weighted by Crippen LogP contribution is 2.18. The van der Waals surface area contributed by atoms with Crippen LogP contribution in [0.1, 0.15) is 25.7 Å². The summed E-state index contributed by atoms with van der Waals surface area (Å²) in [7, 11) is 0. The van der Waals surface area contributed by atoms with Crippen LogP contribution in [0.15, 0.2) is 18.2 Å². The number of carbonyl (C=O) groups is 1. The average molecular weight is 260 g/mol. The molecule has 0 amide bonds. The van der Waals surface area contributed by atoms with Gasteiger partial charge in [-0.1, -0.05) is 18.0 Å². The summed E-state index contributed by atoms with van der Waals surface area (Å²) in [6.07, 6.45) is 2.55. The summed E-state index contributed by atoms with van der Waals surface area (Å²) in [5, 5.41) is 11.8. The normalized spacial score (nSPS) is 10.2. The zero-order valence-electron chi connectivity index (χ0n) is 9.38. The molecule has 0 heterocycles. The fraction of sp³-hybridized carbons (Fsp3) is 0.417. The van der Waals surface area contributed by atoms with E-state index in [1.54, 1.807) is 6.07 Å². The van der Waals surface area contributed by atoms with Crippen LogP contribution in [-0.4, -0.2) is 17.6 Å². The zero-order valence-corrected chi connectivity index (χ0v) is 10.1. The Morgan fingerprint density at radius 1 is 1.29 bits per heavy atom. The van der Waals surface area contributed by atoms with Crippen LogP contribution in [0.2, 0.25) is 5.02 Å². The van der Waals surface area contributed by atoms with E-state index in [0.29, 0.717) is 23.7 Å². The van der Waals surface area contributed by atoms with Gasteiger partial charge in [-0.3, -0.25) is 4.79 Å². The van der Waals surface area contributed by atoms with E-state index in [2.05, 4.69) is 5.32 Å². The molecule has 0 unspecified atom stereocenters. The van der Waals surface area contributed by atoms with Crippen molar-refractivity contribution < 1.29 is 14.3 Å².